The molecule has 28 heavy (non-hydrogen) atoms. The Morgan fingerprint density at radius 2 is 0.821 bits per heavy atom. The molecule has 0 heterocycles. The maximum atomic E-state index is 10.3. The number of hydrogen-bond donors (Lipinski definition) is 2. The first-order valence-corrected chi connectivity index (χ1v) is 9.73. The molecule has 168 valence electrons. The highest BCUT2D eigenvalue weighted by Crippen LogP contribution is 1.90. The van der Waals surface area contributed by atoms with Crippen LogP contribution in [0.15, 0.2) is 0 Å². The van der Waals surface area contributed by atoms with E-state index in [0.717, 1.165) is 0 Å². The third-order valence-corrected chi connectivity index (χ3v) is 3.17. The van der Waals surface area contributed by atoms with Crippen LogP contribution >= 0.6 is 0 Å². The van der Waals surface area contributed by atoms with Gasteiger partial charge in [-0.05, 0) is 6.42 Å². The summed E-state index contributed by atoms with van der Waals surface area (Å²) >= 11 is 0. The summed E-state index contributed by atoms with van der Waals surface area (Å²) in [5, 5.41) is 8.47. The van der Waals surface area contributed by atoms with Crippen LogP contribution in [0.2, 0.25) is 0 Å². The average molecular weight is 411 g/mol. The summed E-state index contributed by atoms with van der Waals surface area (Å²) in [6, 6.07) is 0. The van der Waals surface area contributed by atoms with Crippen molar-refractivity contribution >= 4 is 5.97 Å². The fourth-order valence-electron chi connectivity index (χ4n) is 1.83. The van der Waals surface area contributed by atoms with Crippen LogP contribution in [0, 0.1) is 0 Å². The lowest BCUT2D eigenvalue weighted by Crippen LogP contribution is -2.15. The van der Waals surface area contributed by atoms with E-state index in [4.69, 9.17) is 44.0 Å². The number of carboxylic acids is 1. The molecule has 3 N–H and O–H groups in total. The Labute approximate surface area is 167 Å². The number of rotatable bonds is 24. The van der Waals surface area contributed by atoms with E-state index in [1.165, 1.54) is 0 Å². The van der Waals surface area contributed by atoms with Gasteiger partial charge in [0.25, 0.3) is 0 Å². The summed E-state index contributed by atoms with van der Waals surface area (Å²) in [6.45, 7) is 7.59. The maximum Gasteiger partial charge on any atom is 0.303 e. The third kappa shape index (κ3) is 25.1. The Morgan fingerprint density at radius 1 is 0.536 bits per heavy atom. The van der Waals surface area contributed by atoms with Crippen LogP contribution in [0.25, 0.3) is 0 Å². The van der Waals surface area contributed by atoms with Gasteiger partial charge in [0.2, 0.25) is 0 Å². The van der Waals surface area contributed by atoms with Crippen LogP contribution in [-0.4, -0.2) is 110 Å². The van der Waals surface area contributed by atoms with Crippen molar-refractivity contribution in [1.29, 1.82) is 0 Å². The van der Waals surface area contributed by atoms with Gasteiger partial charge in [-0.1, -0.05) is 0 Å². The summed E-state index contributed by atoms with van der Waals surface area (Å²) in [7, 11) is 0. The monoisotopic (exact) mass is 411 g/mol. The molecule has 0 aliphatic carbocycles. The van der Waals surface area contributed by atoms with Gasteiger partial charge in [0.1, 0.15) is 0 Å². The summed E-state index contributed by atoms with van der Waals surface area (Å²) in [5.41, 5.74) is 5.30. The SMILES string of the molecule is NCCOCCOCCOCCOCCOCCOCCOCCCC(=O)O. The molecule has 0 spiro atoms. The minimum absolute atomic E-state index is 0.128. The molecular weight excluding hydrogens is 374 g/mol. The normalized spacial score (nSPS) is 11.2. The van der Waals surface area contributed by atoms with E-state index in [0.29, 0.717) is 105 Å². The van der Waals surface area contributed by atoms with Crippen molar-refractivity contribution in [2.75, 3.05) is 99.0 Å². The number of carboxylic acid groups (broad SMARTS) is 1. The molecule has 0 unspecified atom stereocenters. The highest BCUT2D eigenvalue weighted by Gasteiger charge is 1.97. The average Bonchev–Trinajstić information content (AvgIpc) is 2.68. The predicted molar refractivity (Wildman–Crippen MR) is 102 cm³/mol. The van der Waals surface area contributed by atoms with E-state index in [2.05, 4.69) is 0 Å². The molecule has 0 aliphatic rings. The van der Waals surface area contributed by atoms with Crippen LogP contribution in [0.4, 0.5) is 0 Å². The number of aliphatic carboxylic acids is 1. The van der Waals surface area contributed by atoms with Gasteiger partial charge in [0.15, 0.2) is 0 Å². The van der Waals surface area contributed by atoms with Crippen molar-refractivity contribution < 1.29 is 43.1 Å². The Hall–Kier alpha value is -0.850. The molecule has 0 aromatic heterocycles. The molecule has 0 rings (SSSR count). The van der Waals surface area contributed by atoms with E-state index in [1.807, 2.05) is 0 Å². The van der Waals surface area contributed by atoms with Gasteiger partial charge in [0.05, 0.1) is 85.9 Å². The molecule has 0 amide bonds. The first-order valence-electron chi connectivity index (χ1n) is 9.73. The minimum Gasteiger partial charge on any atom is -0.481 e. The fourth-order valence-corrected chi connectivity index (χ4v) is 1.83. The largest absolute Gasteiger partial charge is 0.481 e. The van der Waals surface area contributed by atoms with Crippen LogP contribution in [0.1, 0.15) is 12.8 Å². The van der Waals surface area contributed by atoms with Gasteiger partial charge >= 0.3 is 5.97 Å². The second kappa shape index (κ2) is 24.2. The lowest BCUT2D eigenvalue weighted by Gasteiger charge is -2.08. The number of nitrogens with two attached hydrogens (primary N) is 1. The highest BCUT2D eigenvalue weighted by atomic mass is 16.6. The van der Waals surface area contributed by atoms with Gasteiger partial charge in [-0.3, -0.25) is 4.79 Å². The quantitative estimate of drug-likeness (QED) is 0.208. The smallest absolute Gasteiger partial charge is 0.303 e. The third-order valence-electron chi connectivity index (χ3n) is 3.17. The lowest BCUT2D eigenvalue weighted by molar-refractivity contribution is -0.137. The molecule has 10 nitrogen and oxygen atoms in total. The summed E-state index contributed by atoms with van der Waals surface area (Å²) < 4.78 is 37.2. The molecule has 0 aromatic carbocycles. The molecular formula is C18H37NO9. The number of ether oxygens (including phenoxy) is 7. The molecule has 10 heteroatoms. The van der Waals surface area contributed by atoms with Gasteiger partial charge in [-0.2, -0.15) is 0 Å². The van der Waals surface area contributed by atoms with Crippen LogP contribution < -0.4 is 5.73 Å². The summed E-state index contributed by atoms with van der Waals surface area (Å²) in [6.07, 6.45) is 0.644. The second-order valence-electron chi connectivity index (χ2n) is 5.57. The molecule has 0 fully saturated rings. The van der Waals surface area contributed by atoms with E-state index < -0.39 is 5.97 Å². The zero-order chi connectivity index (χ0) is 20.5. The van der Waals surface area contributed by atoms with E-state index >= 15 is 0 Å². The summed E-state index contributed by atoms with van der Waals surface area (Å²) in [4.78, 5) is 10.3. The molecule has 0 atom stereocenters. The maximum absolute atomic E-state index is 10.3. The van der Waals surface area contributed by atoms with Crippen LogP contribution in [0.5, 0.6) is 0 Å². The molecule has 0 radical (unpaired) electrons. The van der Waals surface area contributed by atoms with Crippen molar-refractivity contribution in [2.24, 2.45) is 5.73 Å². The second-order valence-corrected chi connectivity index (χ2v) is 5.57. The highest BCUT2D eigenvalue weighted by molar-refractivity contribution is 5.66. The van der Waals surface area contributed by atoms with Crippen LogP contribution in [-0.2, 0) is 38.0 Å². The van der Waals surface area contributed by atoms with Gasteiger partial charge in [0, 0.05) is 19.6 Å². The number of carbonyl (C=O) groups is 1. The fraction of sp³-hybridized carbons (Fsp3) is 0.944. The first-order chi connectivity index (χ1) is 13.8. The Kier molecular flexibility index (Phi) is 23.5. The molecule has 0 saturated heterocycles. The van der Waals surface area contributed by atoms with Crippen molar-refractivity contribution in [1.82, 2.24) is 0 Å². The Balaban J connectivity index is 2.99. The van der Waals surface area contributed by atoms with Crippen molar-refractivity contribution in [3.8, 4) is 0 Å². The van der Waals surface area contributed by atoms with E-state index in [9.17, 15) is 4.79 Å². The minimum atomic E-state index is -0.806. The predicted octanol–water partition coefficient (Wildman–Crippen LogP) is -0.0739. The van der Waals surface area contributed by atoms with Gasteiger partial charge in [-0.25, -0.2) is 0 Å². The molecule has 0 aliphatic heterocycles. The van der Waals surface area contributed by atoms with Crippen molar-refractivity contribution in [3.63, 3.8) is 0 Å². The van der Waals surface area contributed by atoms with Gasteiger partial charge in [-0.15, -0.1) is 0 Å². The van der Waals surface area contributed by atoms with Crippen molar-refractivity contribution in [3.05, 3.63) is 0 Å². The van der Waals surface area contributed by atoms with E-state index in [1.54, 1.807) is 0 Å². The van der Waals surface area contributed by atoms with Crippen LogP contribution in [0.3, 0.4) is 0 Å². The van der Waals surface area contributed by atoms with E-state index in [-0.39, 0.29) is 6.42 Å². The summed E-state index contributed by atoms with van der Waals surface area (Å²) in [5.74, 6) is -0.806. The number of hydrogen-bond acceptors (Lipinski definition) is 9. The molecule has 0 aromatic rings. The lowest BCUT2D eigenvalue weighted by atomic mass is 10.3. The molecule has 0 saturated carbocycles. The first kappa shape index (κ1) is 27.1. The van der Waals surface area contributed by atoms with Crippen molar-refractivity contribution in [2.45, 2.75) is 12.8 Å². The zero-order valence-corrected chi connectivity index (χ0v) is 16.8. The standard InChI is InChI=1S/C18H37NO9/c19-3-5-23-7-9-25-11-13-27-15-17-28-16-14-26-12-10-24-8-6-22-4-1-2-18(20)21/h1-17,19H2,(H,20,21). The van der Waals surface area contributed by atoms with Gasteiger partial charge < -0.3 is 44.0 Å². The molecule has 0 bridgehead atoms. The zero-order valence-electron chi connectivity index (χ0n) is 16.8. The Morgan fingerprint density at radius 3 is 1.11 bits per heavy atom. The topological polar surface area (TPSA) is 128 Å². The Bertz CT molecular complexity index is 321.